The van der Waals surface area contributed by atoms with Gasteiger partial charge in [0.05, 0.1) is 0 Å². The Bertz CT molecular complexity index is 380. The van der Waals surface area contributed by atoms with Crippen LogP contribution in [0.15, 0.2) is 18.2 Å². The maximum absolute atomic E-state index is 10.7. The number of aromatic carboxylic acids is 1. The number of pyridine rings is 1. The molecule has 94 valence electrons. The van der Waals surface area contributed by atoms with Crippen molar-refractivity contribution in [2.75, 3.05) is 18.5 Å². The molecular weight excluding hydrogens is 220 g/mol. The first-order valence-corrected chi connectivity index (χ1v) is 5.59. The maximum Gasteiger partial charge on any atom is 0.354 e. The van der Waals surface area contributed by atoms with Crippen molar-refractivity contribution in [3.05, 3.63) is 23.9 Å². The molecule has 3 N–H and O–H groups in total. The molecule has 0 amide bonds. The minimum atomic E-state index is -1.05. The lowest BCUT2D eigenvalue weighted by molar-refractivity contribution is 0.0690. The molecule has 5 heteroatoms. The topological polar surface area (TPSA) is 82.5 Å². The molecular formula is C12H18N2O3. The largest absolute Gasteiger partial charge is 0.477 e. The van der Waals surface area contributed by atoms with Gasteiger partial charge in [-0.1, -0.05) is 19.9 Å². The second-order valence-corrected chi connectivity index (χ2v) is 4.28. The molecule has 0 aromatic carbocycles. The molecule has 1 atom stereocenters. The number of nitrogens with one attached hydrogen (secondary N) is 1. The summed E-state index contributed by atoms with van der Waals surface area (Å²) in [6.07, 6.45) is 0. The van der Waals surface area contributed by atoms with E-state index in [2.05, 4.69) is 10.3 Å². The minimum Gasteiger partial charge on any atom is -0.477 e. The van der Waals surface area contributed by atoms with Crippen LogP contribution < -0.4 is 5.32 Å². The monoisotopic (exact) mass is 238 g/mol. The number of hydrogen-bond donors (Lipinski definition) is 3. The summed E-state index contributed by atoms with van der Waals surface area (Å²) in [5.41, 5.74) is 0.0140. The zero-order valence-corrected chi connectivity index (χ0v) is 10.1. The van der Waals surface area contributed by atoms with Gasteiger partial charge in [0, 0.05) is 19.1 Å². The lowest BCUT2D eigenvalue weighted by atomic mass is 9.97. The van der Waals surface area contributed by atoms with E-state index in [0.29, 0.717) is 18.3 Å². The van der Waals surface area contributed by atoms with Crippen LogP contribution in [0, 0.1) is 11.8 Å². The second-order valence-electron chi connectivity index (χ2n) is 4.28. The van der Waals surface area contributed by atoms with Crippen molar-refractivity contribution in [2.24, 2.45) is 11.8 Å². The van der Waals surface area contributed by atoms with Gasteiger partial charge in [-0.15, -0.1) is 0 Å². The van der Waals surface area contributed by atoms with Crippen molar-refractivity contribution in [3.63, 3.8) is 0 Å². The Morgan fingerprint density at radius 1 is 1.47 bits per heavy atom. The third-order valence-corrected chi connectivity index (χ3v) is 2.69. The van der Waals surface area contributed by atoms with Crippen LogP contribution >= 0.6 is 0 Å². The predicted octanol–water partition coefficient (Wildman–Crippen LogP) is 1.46. The Morgan fingerprint density at radius 3 is 2.71 bits per heavy atom. The molecule has 0 bridgehead atoms. The quantitative estimate of drug-likeness (QED) is 0.699. The summed E-state index contributed by atoms with van der Waals surface area (Å²) in [5.74, 6) is -0.0411. The van der Waals surface area contributed by atoms with Crippen LogP contribution in [-0.4, -0.2) is 34.3 Å². The first-order valence-electron chi connectivity index (χ1n) is 5.59. The first kappa shape index (κ1) is 13.4. The molecule has 0 fully saturated rings. The van der Waals surface area contributed by atoms with Gasteiger partial charge in [-0.3, -0.25) is 0 Å². The minimum absolute atomic E-state index is 0.0140. The molecule has 1 aromatic rings. The predicted molar refractivity (Wildman–Crippen MR) is 65.1 cm³/mol. The lowest BCUT2D eigenvalue weighted by Gasteiger charge is -2.18. The summed E-state index contributed by atoms with van der Waals surface area (Å²) in [6, 6.07) is 4.79. The highest BCUT2D eigenvalue weighted by Gasteiger charge is 2.12. The molecule has 0 aliphatic carbocycles. The average molecular weight is 238 g/mol. The van der Waals surface area contributed by atoms with E-state index >= 15 is 0 Å². The summed E-state index contributed by atoms with van der Waals surface area (Å²) in [7, 11) is 0. The van der Waals surface area contributed by atoms with Gasteiger partial charge in [0.25, 0.3) is 0 Å². The van der Waals surface area contributed by atoms with Crippen molar-refractivity contribution in [3.8, 4) is 0 Å². The van der Waals surface area contributed by atoms with Gasteiger partial charge in [0.1, 0.15) is 5.82 Å². The van der Waals surface area contributed by atoms with E-state index in [1.165, 1.54) is 6.07 Å². The number of carboxylic acids is 1. The molecule has 17 heavy (non-hydrogen) atoms. The molecule has 1 unspecified atom stereocenters. The standard InChI is InChI=1S/C12H18N2O3/c1-8(2)9(7-15)6-13-11-5-3-4-10(14-11)12(16)17/h3-5,8-9,15H,6-7H2,1-2H3,(H,13,14)(H,16,17). The molecule has 0 spiro atoms. The molecule has 0 aliphatic rings. The number of nitrogens with zero attached hydrogens (tertiary/aromatic N) is 1. The number of carbonyl (C=O) groups is 1. The van der Waals surface area contributed by atoms with Crippen LogP contribution in [0.2, 0.25) is 0 Å². The highest BCUT2D eigenvalue weighted by atomic mass is 16.4. The fourth-order valence-corrected chi connectivity index (χ4v) is 1.40. The van der Waals surface area contributed by atoms with E-state index in [4.69, 9.17) is 10.2 Å². The van der Waals surface area contributed by atoms with Crippen molar-refractivity contribution in [1.82, 2.24) is 4.98 Å². The van der Waals surface area contributed by atoms with E-state index in [1.54, 1.807) is 12.1 Å². The molecule has 5 nitrogen and oxygen atoms in total. The van der Waals surface area contributed by atoms with Gasteiger partial charge < -0.3 is 15.5 Å². The number of anilines is 1. The maximum atomic E-state index is 10.7. The number of aliphatic hydroxyl groups is 1. The van der Waals surface area contributed by atoms with Crippen LogP contribution in [0.5, 0.6) is 0 Å². The van der Waals surface area contributed by atoms with E-state index in [-0.39, 0.29) is 18.2 Å². The van der Waals surface area contributed by atoms with Crippen LogP contribution in [0.3, 0.4) is 0 Å². The summed E-state index contributed by atoms with van der Waals surface area (Å²) in [5, 5.41) is 21.0. The summed E-state index contributed by atoms with van der Waals surface area (Å²) in [6.45, 7) is 4.74. The van der Waals surface area contributed by atoms with Gasteiger partial charge in [-0.25, -0.2) is 9.78 Å². The van der Waals surface area contributed by atoms with Crippen LogP contribution in [0.25, 0.3) is 0 Å². The number of aliphatic hydroxyl groups excluding tert-OH is 1. The first-order chi connectivity index (χ1) is 8.04. The normalized spacial score (nSPS) is 12.5. The average Bonchev–Trinajstić information content (AvgIpc) is 2.29. The third kappa shape index (κ3) is 4.03. The summed E-state index contributed by atoms with van der Waals surface area (Å²) in [4.78, 5) is 14.7. The van der Waals surface area contributed by atoms with Gasteiger partial charge in [-0.05, 0) is 18.1 Å². The Balaban J connectivity index is 2.62. The van der Waals surface area contributed by atoms with Crippen LogP contribution in [0.4, 0.5) is 5.82 Å². The zero-order valence-electron chi connectivity index (χ0n) is 10.1. The smallest absolute Gasteiger partial charge is 0.354 e. The molecule has 1 rings (SSSR count). The van der Waals surface area contributed by atoms with Crippen molar-refractivity contribution < 1.29 is 15.0 Å². The fraction of sp³-hybridized carbons (Fsp3) is 0.500. The fourth-order valence-electron chi connectivity index (χ4n) is 1.40. The number of rotatable bonds is 6. The van der Waals surface area contributed by atoms with Crippen molar-refractivity contribution in [1.29, 1.82) is 0 Å². The van der Waals surface area contributed by atoms with Crippen molar-refractivity contribution >= 4 is 11.8 Å². The molecule has 1 aromatic heterocycles. The van der Waals surface area contributed by atoms with E-state index in [1.807, 2.05) is 13.8 Å². The lowest BCUT2D eigenvalue weighted by Crippen LogP contribution is -2.23. The van der Waals surface area contributed by atoms with E-state index < -0.39 is 5.97 Å². The van der Waals surface area contributed by atoms with Crippen LogP contribution in [-0.2, 0) is 0 Å². The SMILES string of the molecule is CC(C)C(CO)CNc1cccc(C(=O)O)n1. The molecule has 0 radical (unpaired) electrons. The zero-order chi connectivity index (χ0) is 12.8. The third-order valence-electron chi connectivity index (χ3n) is 2.69. The van der Waals surface area contributed by atoms with Gasteiger partial charge in [0.2, 0.25) is 0 Å². The Labute approximate surface area is 101 Å². The van der Waals surface area contributed by atoms with Gasteiger partial charge >= 0.3 is 5.97 Å². The van der Waals surface area contributed by atoms with Crippen LogP contribution in [0.1, 0.15) is 24.3 Å². The summed E-state index contributed by atoms with van der Waals surface area (Å²) < 4.78 is 0. The van der Waals surface area contributed by atoms with E-state index in [0.717, 1.165) is 0 Å². The number of aromatic nitrogens is 1. The highest BCUT2D eigenvalue weighted by Crippen LogP contribution is 2.12. The highest BCUT2D eigenvalue weighted by molar-refractivity contribution is 5.85. The Hall–Kier alpha value is -1.62. The molecule has 1 heterocycles. The second kappa shape index (κ2) is 6.20. The Kier molecular flexibility index (Phi) is 4.90. The van der Waals surface area contributed by atoms with Crippen molar-refractivity contribution in [2.45, 2.75) is 13.8 Å². The van der Waals surface area contributed by atoms with Gasteiger partial charge in [-0.2, -0.15) is 0 Å². The van der Waals surface area contributed by atoms with E-state index in [9.17, 15) is 4.79 Å². The summed E-state index contributed by atoms with van der Waals surface area (Å²) >= 11 is 0. The molecule has 0 saturated carbocycles. The van der Waals surface area contributed by atoms with Gasteiger partial charge in [0.15, 0.2) is 5.69 Å². The number of hydrogen-bond acceptors (Lipinski definition) is 4. The molecule has 0 aliphatic heterocycles. The molecule has 0 saturated heterocycles. The Morgan fingerprint density at radius 2 is 2.18 bits per heavy atom. The number of carboxylic acid groups (broad SMARTS) is 1.